The summed E-state index contributed by atoms with van der Waals surface area (Å²) in [4.78, 5) is 10.2. The molecule has 5 N–H and O–H groups in total. The number of hydrogen-bond acceptors (Lipinski definition) is 4. The zero-order valence-corrected chi connectivity index (χ0v) is 11.5. The van der Waals surface area contributed by atoms with Gasteiger partial charge in [0.15, 0.2) is 0 Å². The van der Waals surface area contributed by atoms with Gasteiger partial charge in [-0.1, -0.05) is 42.5 Å². The highest BCUT2D eigenvalue weighted by atomic mass is 16.4. The van der Waals surface area contributed by atoms with Crippen molar-refractivity contribution < 1.29 is 20.1 Å². The molecule has 0 saturated heterocycles. The van der Waals surface area contributed by atoms with Gasteiger partial charge in [-0.3, -0.25) is 4.79 Å². The van der Waals surface area contributed by atoms with Crippen LogP contribution in [0.1, 0.15) is 23.7 Å². The van der Waals surface area contributed by atoms with E-state index in [9.17, 15) is 9.90 Å². The third kappa shape index (κ3) is 6.56. The molecule has 21 heavy (non-hydrogen) atoms. The van der Waals surface area contributed by atoms with Gasteiger partial charge in [0, 0.05) is 6.54 Å². The fraction of sp³-hybridized carbons (Fsp3) is 0.188. The van der Waals surface area contributed by atoms with Crippen molar-refractivity contribution in [3.63, 3.8) is 0 Å². The minimum atomic E-state index is -1.06. The smallest absolute Gasteiger partial charge is 0.306 e. The average molecular weight is 289 g/mol. The molecule has 2 aromatic carbocycles. The van der Waals surface area contributed by atoms with Crippen LogP contribution in [0.3, 0.4) is 0 Å². The second-order valence-corrected chi connectivity index (χ2v) is 4.39. The number of carboxylic acids is 1. The molecule has 1 atom stereocenters. The minimum absolute atomic E-state index is 0.0891. The van der Waals surface area contributed by atoms with Gasteiger partial charge < -0.3 is 21.1 Å². The van der Waals surface area contributed by atoms with Crippen LogP contribution >= 0.6 is 0 Å². The molecule has 0 radical (unpaired) electrons. The molecule has 0 heterocycles. The van der Waals surface area contributed by atoms with Gasteiger partial charge in [0.25, 0.3) is 0 Å². The molecule has 2 rings (SSSR count). The first-order valence-electron chi connectivity index (χ1n) is 6.45. The number of phenols is 1. The van der Waals surface area contributed by atoms with Crippen molar-refractivity contribution in [2.24, 2.45) is 5.73 Å². The third-order valence-electron chi connectivity index (χ3n) is 2.72. The summed E-state index contributed by atoms with van der Waals surface area (Å²) in [7, 11) is 0. The second-order valence-electron chi connectivity index (χ2n) is 4.39. The van der Waals surface area contributed by atoms with Gasteiger partial charge in [-0.25, -0.2) is 0 Å². The largest absolute Gasteiger partial charge is 0.508 e. The molecule has 5 nitrogen and oxygen atoms in total. The van der Waals surface area contributed by atoms with Crippen LogP contribution in [0.4, 0.5) is 0 Å². The second kappa shape index (κ2) is 8.73. The molecule has 2 aromatic rings. The standard InChI is InChI=1S/C9H10O4.C7H9N/c10-7-3-1-6(2-4-7)8(11)5-9(12)13;8-6-7-4-2-1-3-5-7/h1-4,8,10-11H,5H2,(H,12,13);1-5H,6,8H2/t8-;/m0./s1. The number of carbonyl (C=O) groups is 1. The fourth-order valence-corrected chi connectivity index (χ4v) is 1.59. The number of rotatable bonds is 4. The Morgan fingerprint density at radius 1 is 1.05 bits per heavy atom. The number of hydrogen-bond donors (Lipinski definition) is 4. The third-order valence-corrected chi connectivity index (χ3v) is 2.72. The Hall–Kier alpha value is -2.37. The zero-order chi connectivity index (χ0) is 15.7. The van der Waals surface area contributed by atoms with Crippen LogP contribution in [0.2, 0.25) is 0 Å². The van der Waals surface area contributed by atoms with Crippen molar-refractivity contribution >= 4 is 5.97 Å². The first-order chi connectivity index (χ1) is 10.0. The Labute approximate surface area is 123 Å². The van der Waals surface area contributed by atoms with E-state index in [0.717, 1.165) is 0 Å². The number of phenolic OH excluding ortho intramolecular Hbond substituents is 1. The van der Waals surface area contributed by atoms with Gasteiger partial charge in [0.05, 0.1) is 12.5 Å². The maximum atomic E-state index is 10.2. The summed E-state index contributed by atoms with van der Waals surface area (Å²) in [6.07, 6.45) is -1.34. The highest BCUT2D eigenvalue weighted by Gasteiger charge is 2.11. The topological polar surface area (TPSA) is 104 Å². The van der Waals surface area contributed by atoms with Crippen molar-refractivity contribution in [2.45, 2.75) is 19.1 Å². The van der Waals surface area contributed by atoms with E-state index in [1.54, 1.807) is 0 Å². The Kier molecular flexibility index (Phi) is 6.94. The van der Waals surface area contributed by atoms with Crippen molar-refractivity contribution in [3.8, 4) is 5.75 Å². The van der Waals surface area contributed by atoms with E-state index < -0.39 is 12.1 Å². The Morgan fingerprint density at radius 3 is 2.05 bits per heavy atom. The number of carboxylic acid groups (broad SMARTS) is 1. The lowest BCUT2D eigenvalue weighted by Crippen LogP contribution is -2.04. The molecule has 0 aliphatic heterocycles. The molecule has 0 aromatic heterocycles. The van der Waals surface area contributed by atoms with Crippen LogP contribution in [0.25, 0.3) is 0 Å². The van der Waals surface area contributed by atoms with E-state index >= 15 is 0 Å². The Morgan fingerprint density at radius 2 is 1.62 bits per heavy atom. The van der Waals surface area contributed by atoms with Crippen molar-refractivity contribution in [1.82, 2.24) is 0 Å². The number of nitrogens with two attached hydrogens (primary N) is 1. The molecule has 0 aliphatic rings. The van der Waals surface area contributed by atoms with Gasteiger partial charge in [-0.2, -0.15) is 0 Å². The summed E-state index contributed by atoms with van der Waals surface area (Å²) in [6, 6.07) is 15.8. The SMILES string of the molecule is NCc1ccccc1.O=C(O)C[C@H](O)c1ccc(O)cc1. The lowest BCUT2D eigenvalue weighted by atomic mass is 10.1. The molecule has 0 amide bonds. The maximum absolute atomic E-state index is 10.2. The van der Waals surface area contributed by atoms with Gasteiger partial charge >= 0.3 is 5.97 Å². The van der Waals surface area contributed by atoms with Crippen LogP contribution in [0, 0.1) is 0 Å². The van der Waals surface area contributed by atoms with Gasteiger partial charge in [-0.15, -0.1) is 0 Å². The molecule has 0 fully saturated rings. The normalized spacial score (nSPS) is 11.1. The maximum Gasteiger partial charge on any atom is 0.306 e. The van der Waals surface area contributed by atoms with Crippen LogP contribution in [0.15, 0.2) is 54.6 Å². The van der Waals surface area contributed by atoms with E-state index in [1.807, 2.05) is 30.3 Å². The predicted octanol–water partition coefficient (Wildman–Crippen LogP) is 2.05. The number of aromatic hydroxyl groups is 1. The van der Waals surface area contributed by atoms with Crippen LogP contribution < -0.4 is 5.73 Å². The molecule has 112 valence electrons. The summed E-state index contributed by atoms with van der Waals surface area (Å²) in [5, 5.41) is 26.6. The first kappa shape index (κ1) is 16.7. The molecule has 0 unspecified atom stereocenters. The van der Waals surface area contributed by atoms with Crippen molar-refractivity contribution in [1.29, 1.82) is 0 Å². The van der Waals surface area contributed by atoms with Crippen LogP contribution in [-0.2, 0) is 11.3 Å². The van der Waals surface area contributed by atoms with Gasteiger partial charge in [-0.05, 0) is 23.3 Å². The Bertz CT molecular complexity index is 540. The summed E-state index contributed by atoms with van der Waals surface area (Å²) < 4.78 is 0. The Balaban J connectivity index is 0.000000235. The summed E-state index contributed by atoms with van der Waals surface area (Å²) in [5.41, 5.74) is 7.02. The number of aliphatic carboxylic acids is 1. The van der Waals surface area contributed by atoms with Crippen LogP contribution in [-0.4, -0.2) is 21.3 Å². The number of aliphatic hydroxyl groups is 1. The van der Waals surface area contributed by atoms with Gasteiger partial charge in [0.2, 0.25) is 0 Å². The zero-order valence-electron chi connectivity index (χ0n) is 11.5. The first-order valence-corrected chi connectivity index (χ1v) is 6.45. The van der Waals surface area contributed by atoms with E-state index in [1.165, 1.54) is 29.8 Å². The monoisotopic (exact) mass is 289 g/mol. The highest BCUT2D eigenvalue weighted by molar-refractivity contribution is 5.67. The predicted molar refractivity (Wildman–Crippen MR) is 79.7 cm³/mol. The number of aliphatic hydroxyl groups excluding tert-OH is 1. The van der Waals surface area contributed by atoms with E-state index in [2.05, 4.69) is 0 Å². The van der Waals surface area contributed by atoms with Crippen molar-refractivity contribution in [3.05, 3.63) is 65.7 Å². The summed E-state index contributed by atoms with van der Waals surface area (Å²) >= 11 is 0. The minimum Gasteiger partial charge on any atom is -0.508 e. The summed E-state index contributed by atoms with van der Waals surface area (Å²) in [6.45, 7) is 0.640. The molecular formula is C16H19NO4. The van der Waals surface area contributed by atoms with E-state index in [4.69, 9.17) is 15.9 Å². The molecular weight excluding hydrogens is 270 g/mol. The molecule has 0 spiro atoms. The molecule has 0 bridgehead atoms. The summed E-state index contributed by atoms with van der Waals surface area (Å²) in [5.74, 6) is -0.966. The number of benzene rings is 2. The quantitative estimate of drug-likeness (QED) is 0.689. The molecule has 5 heteroatoms. The lowest BCUT2D eigenvalue weighted by molar-refractivity contribution is -0.139. The van der Waals surface area contributed by atoms with E-state index in [0.29, 0.717) is 12.1 Å². The molecule has 0 saturated carbocycles. The average Bonchev–Trinajstić information content (AvgIpc) is 2.48. The highest BCUT2D eigenvalue weighted by Crippen LogP contribution is 2.18. The lowest BCUT2D eigenvalue weighted by Gasteiger charge is -2.07. The van der Waals surface area contributed by atoms with Crippen molar-refractivity contribution in [2.75, 3.05) is 0 Å². The van der Waals surface area contributed by atoms with Gasteiger partial charge in [0.1, 0.15) is 5.75 Å². The molecule has 0 aliphatic carbocycles. The van der Waals surface area contributed by atoms with E-state index in [-0.39, 0.29) is 12.2 Å². The fourth-order valence-electron chi connectivity index (χ4n) is 1.59. The van der Waals surface area contributed by atoms with Crippen LogP contribution in [0.5, 0.6) is 5.75 Å².